The number of rotatable bonds is 5. The van der Waals surface area contributed by atoms with Crippen molar-refractivity contribution in [3.8, 4) is 17.1 Å². The van der Waals surface area contributed by atoms with Crippen molar-refractivity contribution < 1.29 is 13.9 Å². The second-order valence-electron chi connectivity index (χ2n) is 7.39. The van der Waals surface area contributed by atoms with Gasteiger partial charge in [0.2, 0.25) is 0 Å². The molecule has 154 valence electrons. The molecule has 1 fully saturated rings. The number of nitrogens with zero attached hydrogens (tertiary/aromatic N) is 2. The molecule has 6 nitrogen and oxygen atoms in total. The SMILES string of the molecule is COc1cccc(F)c1-c1nccc(C(=O)Nc2ccccc2C2CCC(N)C2)n1. The number of methoxy groups -OCH3 is 1. The van der Waals surface area contributed by atoms with E-state index in [4.69, 9.17) is 10.5 Å². The highest BCUT2D eigenvalue weighted by Gasteiger charge is 2.25. The Morgan fingerprint density at radius 3 is 2.77 bits per heavy atom. The lowest BCUT2D eigenvalue weighted by molar-refractivity contribution is 0.102. The summed E-state index contributed by atoms with van der Waals surface area (Å²) in [5.41, 5.74) is 8.14. The zero-order chi connectivity index (χ0) is 21.1. The number of carbonyl (C=O) groups is 1. The quantitative estimate of drug-likeness (QED) is 0.665. The highest BCUT2D eigenvalue weighted by atomic mass is 19.1. The molecule has 3 N–H and O–H groups in total. The highest BCUT2D eigenvalue weighted by Crippen LogP contribution is 2.37. The molecule has 1 aromatic heterocycles. The van der Waals surface area contributed by atoms with Crippen molar-refractivity contribution in [2.24, 2.45) is 5.73 Å². The number of hydrogen-bond donors (Lipinski definition) is 2. The van der Waals surface area contributed by atoms with Gasteiger partial charge in [0.05, 0.1) is 12.7 Å². The van der Waals surface area contributed by atoms with E-state index in [2.05, 4.69) is 15.3 Å². The van der Waals surface area contributed by atoms with Crippen LogP contribution in [0.3, 0.4) is 0 Å². The minimum absolute atomic E-state index is 0.0904. The van der Waals surface area contributed by atoms with Crippen LogP contribution in [-0.4, -0.2) is 29.0 Å². The van der Waals surface area contributed by atoms with E-state index in [1.807, 2.05) is 24.3 Å². The van der Waals surface area contributed by atoms with Crippen molar-refractivity contribution in [1.29, 1.82) is 0 Å². The summed E-state index contributed by atoms with van der Waals surface area (Å²) in [6.07, 6.45) is 4.31. The molecule has 0 bridgehead atoms. The maximum atomic E-state index is 14.4. The predicted molar refractivity (Wildman–Crippen MR) is 113 cm³/mol. The van der Waals surface area contributed by atoms with Gasteiger partial charge in [-0.2, -0.15) is 0 Å². The third kappa shape index (κ3) is 4.02. The summed E-state index contributed by atoms with van der Waals surface area (Å²) >= 11 is 0. The maximum absolute atomic E-state index is 14.4. The Labute approximate surface area is 174 Å². The molecule has 2 aromatic carbocycles. The van der Waals surface area contributed by atoms with Crippen LogP contribution in [0, 0.1) is 5.82 Å². The fourth-order valence-corrected chi connectivity index (χ4v) is 3.95. The number of benzene rings is 2. The van der Waals surface area contributed by atoms with E-state index in [0.717, 1.165) is 30.5 Å². The molecule has 0 aliphatic heterocycles. The number of nitrogens with two attached hydrogens (primary N) is 1. The average Bonchev–Trinajstić information content (AvgIpc) is 3.20. The molecule has 1 aliphatic carbocycles. The Balaban J connectivity index is 1.62. The summed E-state index contributed by atoms with van der Waals surface area (Å²) < 4.78 is 19.6. The highest BCUT2D eigenvalue weighted by molar-refractivity contribution is 6.03. The first kappa shape index (κ1) is 20.0. The molecule has 0 spiro atoms. The van der Waals surface area contributed by atoms with Crippen LogP contribution in [0.1, 0.15) is 41.2 Å². The van der Waals surface area contributed by atoms with Crippen LogP contribution in [-0.2, 0) is 0 Å². The van der Waals surface area contributed by atoms with Crippen molar-refractivity contribution in [2.75, 3.05) is 12.4 Å². The van der Waals surface area contributed by atoms with Crippen molar-refractivity contribution in [3.63, 3.8) is 0 Å². The van der Waals surface area contributed by atoms with E-state index < -0.39 is 5.82 Å². The molecule has 30 heavy (non-hydrogen) atoms. The topological polar surface area (TPSA) is 90.1 Å². The normalized spacial score (nSPS) is 18.2. The standard InChI is InChI=1S/C23H23FN4O2/c1-30-20-8-4-6-17(24)21(20)22-26-12-11-19(27-22)23(29)28-18-7-3-2-5-16(18)14-9-10-15(25)13-14/h2-8,11-12,14-15H,9-10,13,25H2,1H3,(H,28,29). The number of para-hydroxylation sites is 1. The number of amides is 1. The predicted octanol–water partition coefficient (Wildman–Crippen LogP) is 4.14. The first-order valence-electron chi connectivity index (χ1n) is 9.88. The van der Waals surface area contributed by atoms with Crippen LogP contribution in [0.25, 0.3) is 11.4 Å². The van der Waals surface area contributed by atoms with Gasteiger partial charge in [-0.3, -0.25) is 4.79 Å². The van der Waals surface area contributed by atoms with Crippen LogP contribution in [0.5, 0.6) is 5.75 Å². The van der Waals surface area contributed by atoms with Gasteiger partial charge < -0.3 is 15.8 Å². The molecule has 7 heteroatoms. The first-order chi connectivity index (χ1) is 14.6. The number of aromatic nitrogens is 2. The van der Waals surface area contributed by atoms with Gasteiger partial charge in [-0.1, -0.05) is 24.3 Å². The largest absolute Gasteiger partial charge is 0.496 e. The lowest BCUT2D eigenvalue weighted by atomic mass is 9.95. The lowest BCUT2D eigenvalue weighted by Gasteiger charge is -2.16. The molecule has 0 radical (unpaired) electrons. The van der Waals surface area contributed by atoms with E-state index >= 15 is 0 Å². The number of anilines is 1. The summed E-state index contributed by atoms with van der Waals surface area (Å²) in [5.74, 6) is -0.193. The van der Waals surface area contributed by atoms with E-state index in [1.54, 1.807) is 12.1 Å². The van der Waals surface area contributed by atoms with E-state index in [1.165, 1.54) is 25.4 Å². The third-order valence-electron chi connectivity index (χ3n) is 5.43. The fourth-order valence-electron chi connectivity index (χ4n) is 3.95. The third-order valence-corrected chi connectivity index (χ3v) is 5.43. The molecule has 0 saturated heterocycles. The van der Waals surface area contributed by atoms with Crippen molar-refractivity contribution in [1.82, 2.24) is 9.97 Å². The molecule has 3 aromatic rings. The van der Waals surface area contributed by atoms with Crippen molar-refractivity contribution in [3.05, 3.63) is 71.8 Å². The monoisotopic (exact) mass is 406 g/mol. The average molecular weight is 406 g/mol. The number of carbonyl (C=O) groups excluding carboxylic acids is 1. The smallest absolute Gasteiger partial charge is 0.274 e. The lowest BCUT2D eigenvalue weighted by Crippen LogP contribution is -2.17. The van der Waals surface area contributed by atoms with E-state index in [-0.39, 0.29) is 29.0 Å². The summed E-state index contributed by atoms with van der Waals surface area (Å²) in [6, 6.07) is 13.9. The second kappa shape index (κ2) is 8.59. The summed E-state index contributed by atoms with van der Waals surface area (Å²) in [6.45, 7) is 0. The summed E-state index contributed by atoms with van der Waals surface area (Å²) in [7, 11) is 1.45. The summed E-state index contributed by atoms with van der Waals surface area (Å²) in [5, 5.41) is 2.95. The fraction of sp³-hybridized carbons (Fsp3) is 0.261. The minimum atomic E-state index is -0.519. The van der Waals surface area contributed by atoms with Gasteiger partial charge in [-0.15, -0.1) is 0 Å². The molecule has 1 heterocycles. The zero-order valence-electron chi connectivity index (χ0n) is 16.6. The number of halogens is 1. The van der Waals surface area contributed by atoms with Gasteiger partial charge in [-0.05, 0) is 55.0 Å². The van der Waals surface area contributed by atoms with Crippen LogP contribution >= 0.6 is 0 Å². The number of nitrogens with one attached hydrogen (secondary N) is 1. The van der Waals surface area contributed by atoms with Gasteiger partial charge in [0.15, 0.2) is 5.82 Å². The second-order valence-corrected chi connectivity index (χ2v) is 7.39. The molecule has 2 unspecified atom stereocenters. The first-order valence-corrected chi connectivity index (χ1v) is 9.88. The molecule has 1 amide bonds. The van der Waals surface area contributed by atoms with Crippen LogP contribution in [0.4, 0.5) is 10.1 Å². The van der Waals surface area contributed by atoms with Gasteiger partial charge in [-0.25, -0.2) is 14.4 Å². The van der Waals surface area contributed by atoms with Crippen LogP contribution in [0.15, 0.2) is 54.7 Å². The van der Waals surface area contributed by atoms with Gasteiger partial charge in [0.25, 0.3) is 5.91 Å². The molecule has 2 atom stereocenters. The zero-order valence-corrected chi connectivity index (χ0v) is 16.6. The van der Waals surface area contributed by atoms with Gasteiger partial charge in [0.1, 0.15) is 17.3 Å². The van der Waals surface area contributed by atoms with Crippen molar-refractivity contribution >= 4 is 11.6 Å². The Bertz CT molecular complexity index is 1070. The molecule has 1 saturated carbocycles. The molecular formula is C23H23FN4O2. The van der Waals surface area contributed by atoms with Gasteiger partial charge in [0, 0.05) is 17.9 Å². The number of hydrogen-bond acceptors (Lipinski definition) is 5. The Morgan fingerprint density at radius 2 is 2.00 bits per heavy atom. The van der Waals surface area contributed by atoms with Gasteiger partial charge >= 0.3 is 0 Å². The number of ether oxygens (including phenoxy) is 1. The Morgan fingerprint density at radius 1 is 1.17 bits per heavy atom. The summed E-state index contributed by atoms with van der Waals surface area (Å²) in [4.78, 5) is 21.3. The van der Waals surface area contributed by atoms with Crippen LogP contribution in [0.2, 0.25) is 0 Å². The molecular weight excluding hydrogens is 383 g/mol. The minimum Gasteiger partial charge on any atom is -0.496 e. The maximum Gasteiger partial charge on any atom is 0.274 e. The van der Waals surface area contributed by atoms with E-state index in [0.29, 0.717) is 11.7 Å². The Hall–Kier alpha value is -3.32. The van der Waals surface area contributed by atoms with Crippen molar-refractivity contribution in [2.45, 2.75) is 31.2 Å². The van der Waals surface area contributed by atoms with Crippen LogP contribution < -0.4 is 15.8 Å². The Kier molecular flexibility index (Phi) is 5.72. The molecule has 1 aliphatic rings. The van der Waals surface area contributed by atoms with E-state index in [9.17, 15) is 9.18 Å². The molecule has 4 rings (SSSR count).